The quantitative estimate of drug-likeness (QED) is 0.526. The number of piperidine rings is 1. The summed E-state index contributed by atoms with van der Waals surface area (Å²) in [6.07, 6.45) is 4.51. The molecule has 6 N–H and O–H groups in total. The van der Waals surface area contributed by atoms with E-state index in [0.29, 0.717) is 32.1 Å². The summed E-state index contributed by atoms with van der Waals surface area (Å²) in [4.78, 5) is 27.7. The first-order valence-electron chi connectivity index (χ1n) is 9.28. The average molecular weight is 355 g/mol. The number of imide groups is 1. The summed E-state index contributed by atoms with van der Waals surface area (Å²) >= 11 is 0. The van der Waals surface area contributed by atoms with Gasteiger partial charge in [0.05, 0.1) is 5.92 Å². The maximum atomic E-state index is 12.5. The van der Waals surface area contributed by atoms with Gasteiger partial charge in [-0.2, -0.15) is 0 Å². The average Bonchev–Trinajstić information content (AvgIpc) is 3.06. The highest BCUT2D eigenvalue weighted by Crippen LogP contribution is 2.41. The van der Waals surface area contributed by atoms with Crippen molar-refractivity contribution < 1.29 is 9.59 Å². The number of hydrogen-bond donors (Lipinski definition) is 5. The normalized spacial score (nSPS) is 24.1. The summed E-state index contributed by atoms with van der Waals surface area (Å²) in [5, 5.41) is 9.96. The van der Waals surface area contributed by atoms with Gasteiger partial charge in [-0.15, -0.1) is 0 Å². The van der Waals surface area contributed by atoms with Gasteiger partial charge in [0.15, 0.2) is 0 Å². The Morgan fingerprint density at radius 1 is 1.31 bits per heavy atom. The van der Waals surface area contributed by atoms with Gasteiger partial charge in [-0.3, -0.25) is 10.1 Å². The molecule has 4 rings (SSSR count). The van der Waals surface area contributed by atoms with Crippen molar-refractivity contribution in [3.63, 3.8) is 0 Å². The molecule has 3 atom stereocenters. The molecule has 1 aliphatic carbocycles. The topological polar surface area (TPSA) is 112 Å². The van der Waals surface area contributed by atoms with Crippen LogP contribution in [-0.2, 0) is 11.2 Å². The van der Waals surface area contributed by atoms with Crippen molar-refractivity contribution >= 4 is 22.8 Å². The molecule has 1 unspecified atom stereocenters. The number of aromatic amines is 1. The second-order valence-electron chi connectivity index (χ2n) is 7.23. The zero-order valence-electron chi connectivity index (χ0n) is 14.7. The van der Waals surface area contributed by atoms with Crippen LogP contribution >= 0.6 is 0 Å². The number of benzene rings is 1. The van der Waals surface area contributed by atoms with E-state index < -0.39 is 6.03 Å². The predicted molar refractivity (Wildman–Crippen MR) is 99.9 cm³/mol. The molecule has 1 aliphatic heterocycles. The van der Waals surface area contributed by atoms with Gasteiger partial charge < -0.3 is 21.4 Å². The van der Waals surface area contributed by atoms with E-state index in [1.807, 2.05) is 0 Å². The Hall–Kier alpha value is -2.38. The van der Waals surface area contributed by atoms with Gasteiger partial charge in [-0.25, -0.2) is 4.79 Å². The molecule has 1 aromatic carbocycles. The molecule has 2 aliphatic rings. The highest BCUT2D eigenvalue weighted by molar-refractivity contribution is 5.96. The molecule has 1 aromatic heterocycles. The van der Waals surface area contributed by atoms with E-state index in [2.05, 4.69) is 45.3 Å². The van der Waals surface area contributed by atoms with Gasteiger partial charge in [0.2, 0.25) is 5.91 Å². The molecule has 0 saturated carbocycles. The summed E-state index contributed by atoms with van der Waals surface area (Å²) in [5.41, 5.74) is 9.20. The van der Waals surface area contributed by atoms with Crippen LogP contribution in [0, 0.1) is 5.92 Å². The number of carbonyl (C=O) groups excluding carboxylic acids is 2. The number of fused-ring (bicyclic) bond motifs is 2. The predicted octanol–water partition coefficient (Wildman–Crippen LogP) is 0.960. The van der Waals surface area contributed by atoms with E-state index in [-0.39, 0.29) is 17.7 Å². The minimum atomic E-state index is -0.441. The number of nitrogens with two attached hydrogens (primary N) is 1. The van der Waals surface area contributed by atoms with Crippen molar-refractivity contribution in [2.24, 2.45) is 11.7 Å². The van der Waals surface area contributed by atoms with Crippen LogP contribution in [0.1, 0.15) is 29.9 Å². The number of nitrogens with one attached hydrogen (secondary N) is 4. The number of carbonyl (C=O) groups is 2. The summed E-state index contributed by atoms with van der Waals surface area (Å²) < 4.78 is 0. The number of urea groups is 1. The number of amides is 3. The van der Waals surface area contributed by atoms with E-state index in [1.165, 1.54) is 16.5 Å². The van der Waals surface area contributed by atoms with E-state index in [1.54, 1.807) is 0 Å². The molecule has 0 bridgehead atoms. The highest BCUT2D eigenvalue weighted by atomic mass is 16.2. The monoisotopic (exact) mass is 355 g/mol. The Balaban J connectivity index is 1.45. The van der Waals surface area contributed by atoms with Crippen molar-refractivity contribution in [2.45, 2.75) is 31.2 Å². The number of aromatic nitrogens is 1. The smallest absolute Gasteiger partial charge is 0.321 e. The van der Waals surface area contributed by atoms with Crippen molar-refractivity contribution in [3.8, 4) is 0 Å². The van der Waals surface area contributed by atoms with Crippen molar-refractivity contribution in [1.82, 2.24) is 20.9 Å². The highest BCUT2D eigenvalue weighted by Gasteiger charge is 2.38. The summed E-state index contributed by atoms with van der Waals surface area (Å²) in [6, 6.07) is 6.22. The van der Waals surface area contributed by atoms with E-state index in [4.69, 9.17) is 5.73 Å². The maximum absolute atomic E-state index is 12.5. The SMILES string of the molecule is NCCCNC(=O)NC(=O)C1CN[C@@H]2Cc3c[nH]c4cccc(c34)[C@H]2C1. The molecule has 1 saturated heterocycles. The minimum absolute atomic E-state index is 0.215. The minimum Gasteiger partial charge on any atom is -0.361 e. The third-order valence-electron chi connectivity index (χ3n) is 5.58. The summed E-state index contributed by atoms with van der Waals surface area (Å²) in [6.45, 7) is 1.58. The van der Waals surface area contributed by atoms with Crippen LogP contribution in [0.5, 0.6) is 0 Å². The number of hydrogen-bond acceptors (Lipinski definition) is 4. The molecule has 0 radical (unpaired) electrons. The van der Waals surface area contributed by atoms with Gasteiger partial charge in [0, 0.05) is 42.1 Å². The standard InChI is InChI=1S/C19H25N5O2/c20-5-2-6-21-19(26)24-18(25)12-7-14-13-3-1-4-15-17(13)11(9-22-15)8-16(14)23-10-12/h1,3-4,9,12,14,16,22-23H,2,5-8,10,20H2,(H2,21,24,25,26)/t12?,14-,16-/m1/s1. The lowest BCUT2D eigenvalue weighted by Crippen LogP contribution is -2.52. The third-order valence-corrected chi connectivity index (χ3v) is 5.58. The van der Waals surface area contributed by atoms with Crippen LogP contribution in [0.3, 0.4) is 0 Å². The fourth-order valence-corrected chi connectivity index (χ4v) is 4.30. The van der Waals surface area contributed by atoms with Crippen LogP contribution in [-0.4, -0.2) is 42.6 Å². The maximum Gasteiger partial charge on any atom is 0.321 e. The largest absolute Gasteiger partial charge is 0.361 e. The van der Waals surface area contributed by atoms with Gasteiger partial charge in [0.25, 0.3) is 0 Å². The van der Waals surface area contributed by atoms with E-state index in [9.17, 15) is 9.59 Å². The molecule has 26 heavy (non-hydrogen) atoms. The molecular formula is C19H25N5O2. The van der Waals surface area contributed by atoms with Gasteiger partial charge >= 0.3 is 6.03 Å². The number of rotatable bonds is 4. The van der Waals surface area contributed by atoms with E-state index >= 15 is 0 Å². The lowest BCUT2D eigenvalue weighted by atomic mass is 9.73. The van der Waals surface area contributed by atoms with Gasteiger partial charge in [-0.05, 0) is 43.0 Å². The molecule has 7 nitrogen and oxygen atoms in total. The molecular weight excluding hydrogens is 330 g/mol. The second kappa shape index (κ2) is 7.09. The lowest BCUT2D eigenvalue weighted by molar-refractivity contribution is -0.124. The Morgan fingerprint density at radius 2 is 2.19 bits per heavy atom. The zero-order valence-corrected chi connectivity index (χ0v) is 14.7. The molecule has 138 valence electrons. The van der Waals surface area contributed by atoms with Crippen molar-refractivity contribution in [2.75, 3.05) is 19.6 Å². The van der Waals surface area contributed by atoms with Crippen LogP contribution < -0.4 is 21.7 Å². The zero-order chi connectivity index (χ0) is 18.1. The van der Waals surface area contributed by atoms with Crippen LogP contribution in [0.15, 0.2) is 24.4 Å². The van der Waals surface area contributed by atoms with Crippen LogP contribution in [0.25, 0.3) is 10.9 Å². The molecule has 0 spiro atoms. The van der Waals surface area contributed by atoms with Crippen molar-refractivity contribution in [1.29, 1.82) is 0 Å². The Labute approximate surface area is 152 Å². The second-order valence-corrected chi connectivity index (χ2v) is 7.23. The fraction of sp³-hybridized carbons (Fsp3) is 0.474. The van der Waals surface area contributed by atoms with Crippen molar-refractivity contribution in [3.05, 3.63) is 35.5 Å². The summed E-state index contributed by atoms with van der Waals surface area (Å²) in [5.74, 6) is -0.146. The molecule has 7 heteroatoms. The lowest BCUT2D eigenvalue weighted by Gasteiger charge is -2.39. The Kier molecular flexibility index (Phi) is 4.65. The molecule has 2 heterocycles. The third kappa shape index (κ3) is 3.08. The Bertz CT molecular complexity index is 830. The number of H-pyrrole nitrogens is 1. The Morgan fingerprint density at radius 3 is 3.04 bits per heavy atom. The van der Waals surface area contributed by atoms with E-state index in [0.717, 1.165) is 18.4 Å². The molecule has 3 amide bonds. The van der Waals surface area contributed by atoms with Gasteiger partial charge in [-0.1, -0.05) is 12.1 Å². The first-order valence-corrected chi connectivity index (χ1v) is 9.28. The first kappa shape index (κ1) is 17.1. The molecule has 1 fully saturated rings. The fourth-order valence-electron chi connectivity index (χ4n) is 4.30. The van der Waals surface area contributed by atoms with Crippen LogP contribution in [0.4, 0.5) is 4.79 Å². The summed E-state index contributed by atoms with van der Waals surface area (Å²) in [7, 11) is 0. The molecule has 2 aromatic rings. The van der Waals surface area contributed by atoms with Gasteiger partial charge in [0.1, 0.15) is 0 Å². The first-order chi connectivity index (χ1) is 12.7. The van der Waals surface area contributed by atoms with Crippen LogP contribution in [0.2, 0.25) is 0 Å².